The minimum absolute atomic E-state index is 1.07. The van der Waals surface area contributed by atoms with Gasteiger partial charge in [-0.25, -0.2) is 0 Å². The highest BCUT2D eigenvalue weighted by Crippen LogP contribution is 2.43. The first-order valence-electron chi connectivity index (χ1n) is 33.0. The predicted octanol–water partition coefficient (Wildman–Crippen LogP) is 25.5. The van der Waals surface area contributed by atoms with Gasteiger partial charge in [-0.2, -0.15) is 0 Å². The molecule has 0 aliphatic heterocycles. The number of rotatable bonds is 7. The fourth-order valence-electron chi connectivity index (χ4n) is 15.0. The molecule has 20 rings (SSSR count). The molecule has 4 heterocycles. The van der Waals surface area contributed by atoms with Crippen LogP contribution in [0.15, 0.2) is 361 Å². The van der Waals surface area contributed by atoms with Crippen LogP contribution in [0.5, 0.6) is 0 Å². The first-order valence-corrected chi connectivity index (χ1v) is 34.6. The quantitative estimate of drug-likeness (QED) is 0.152. The first kappa shape index (κ1) is 58.1. The lowest BCUT2D eigenvalue weighted by Crippen LogP contribution is -1.96. The fraction of sp³-hybridized carbons (Fsp3) is 0.0110. The third-order valence-electron chi connectivity index (χ3n) is 19.4. The van der Waals surface area contributed by atoms with Gasteiger partial charge in [-0.15, -0.1) is 0 Å². The van der Waals surface area contributed by atoms with E-state index in [0.717, 1.165) is 32.4 Å². The van der Waals surface area contributed by atoms with Crippen molar-refractivity contribution in [3.8, 4) is 67.3 Å². The highest BCUT2D eigenvalue weighted by atomic mass is 79.9. The summed E-state index contributed by atoms with van der Waals surface area (Å²) in [6.45, 7) is 0. The molecule has 1 aliphatic rings. The number of hydrogen-bond acceptors (Lipinski definition) is 0. The van der Waals surface area contributed by atoms with Crippen molar-refractivity contribution in [1.82, 2.24) is 18.3 Å². The molecule has 0 atom stereocenters. The molecule has 4 nitrogen and oxygen atoms in total. The van der Waals surface area contributed by atoms with Gasteiger partial charge in [0.05, 0.1) is 44.1 Å². The lowest BCUT2D eigenvalue weighted by Gasteiger charge is -2.11. The van der Waals surface area contributed by atoms with Crippen molar-refractivity contribution < 1.29 is 0 Å². The third-order valence-corrected chi connectivity index (χ3v) is 20.4. The average molecular weight is 1370 g/mol. The molecule has 0 unspecified atom stereocenters. The fourth-order valence-corrected chi connectivity index (χ4v) is 15.7. The van der Waals surface area contributed by atoms with Gasteiger partial charge >= 0.3 is 0 Å². The summed E-state index contributed by atoms with van der Waals surface area (Å²) in [4.78, 5) is 0. The number of para-hydroxylation sites is 4. The lowest BCUT2D eigenvalue weighted by atomic mass is 9.99. The van der Waals surface area contributed by atoms with Crippen molar-refractivity contribution in [2.45, 2.75) is 6.42 Å². The second-order valence-electron chi connectivity index (χ2n) is 25.0. The summed E-state index contributed by atoms with van der Waals surface area (Å²) in [7, 11) is 0. The standard InChI is InChI=1S/C54H35N3.C19H14.C18H11Br2N/c1-4-14-36(15-5-1)38-24-28-51-45(32-38)43-20-10-12-22-49(43)56(51)41-26-30-53-47(34-41)48-35-42(27-31-54(48)55(53)40-18-8-3-9-19-40)57-50-23-13-11-21-44(50)46-33-39(25-29-52(46)57)37-16-6-2-7-17-37;1-2-6-14(7-3-1)15-10-11-17-12-16-8-4-5-9-18(16)19(17)13-15;19-12-6-8-17-15(10-12)16-11-13(20)7-9-18(16)21(17)14-4-2-1-3-5-14/h1-35H;1-11,13H,12H2;1-11H. The van der Waals surface area contributed by atoms with Crippen LogP contribution in [0.3, 0.4) is 0 Å². The van der Waals surface area contributed by atoms with Crippen molar-refractivity contribution in [1.29, 1.82) is 0 Å². The van der Waals surface area contributed by atoms with Gasteiger partial charge in [0.2, 0.25) is 0 Å². The molecule has 1 aliphatic carbocycles. The Kier molecular flexibility index (Phi) is 14.6. The van der Waals surface area contributed by atoms with Crippen LogP contribution in [-0.4, -0.2) is 18.3 Å². The molecule has 19 aromatic rings. The molecule has 0 saturated carbocycles. The monoisotopic (exact) mass is 1370 g/mol. The lowest BCUT2D eigenvalue weighted by molar-refractivity contribution is 1.16. The van der Waals surface area contributed by atoms with Crippen molar-refractivity contribution in [2.24, 2.45) is 0 Å². The number of fused-ring (bicyclic) bond motifs is 15. The zero-order valence-electron chi connectivity index (χ0n) is 52.7. The van der Waals surface area contributed by atoms with E-state index < -0.39 is 0 Å². The van der Waals surface area contributed by atoms with Crippen LogP contribution in [-0.2, 0) is 6.42 Å². The van der Waals surface area contributed by atoms with E-state index in [1.54, 1.807) is 0 Å². The van der Waals surface area contributed by atoms with Gasteiger partial charge in [0.1, 0.15) is 0 Å². The van der Waals surface area contributed by atoms with E-state index in [-0.39, 0.29) is 0 Å². The Morgan fingerprint density at radius 3 is 0.948 bits per heavy atom. The van der Waals surface area contributed by atoms with E-state index in [4.69, 9.17) is 0 Å². The van der Waals surface area contributed by atoms with Crippen LogP contribution in [0.25, 0.3) is 154 Å². The Labute approximate surface area is 578 Å². The number of hydrogen-bond donors (Lipinski definition) is 0. The second kappa shape index (κ2) is 24.3. The molecule has 0 bridgehead atoms. The van der Waals surface area contributed by atoms with Crippen molar-refractivity contribution >= 4 is 119 Å². The maximum Gasteiger partial charge on any atom is 0.0542 e. The van der Waals surface area contributed by atoms with Crippen LogP contribution in [0.4, 0.5) is 0 Å². The average Bonchev–Trinajstić information content (AvgIpc) is 1.58. The van der Waals surface area contributed by atoms with Crippen molar-refractivity contribution in [3.63, 3.8) is 0 Å². The van der Waals surface area contributed by atoms with Gasteiger partial charge in [0.15, 0.2) is 0 Å². The Balaban J connectivity index is 0.000000138. The van der Waals surface area contributed by atoms with E-state index in [2.05, 4.69) is 396 Å². The summed E-state index contributed by atoms with van der Waals surface area (Å²) >= 11 is 7.16. The van der Waals surface area contributed by atoms with Gasteiger partial charge in [-0.05, 0) is 202 Å². The molecule has 0 saturated heterocycles. The van der Waals surface area contributed by atoms with Gasteiger partial charge in [-0.3, -0.25) is 0 Å². The third kappa shape index (κ3) is 10.3. The molecule has 97 heavy (non-hydrogen) atoms. The maximum absolute atomic E-state index is 3.58. The molecular formula is C91H60Br2N4. The highest BCUT2D eigenvalue weighted by molar-refractivity contribution is 9.10. The molecule has 15 aromatic carbocycles. The summed E-state index contributed by atoms with van der Waals surface area (Å²) in [6.07, 6.45) is 1.07. The van der Waals surface area contributed by atoms with Crippen LogP contribution >= 0.6 is 31.9 Å². The van der Waals surface area contributed by atoms with Crippen molar-refractivity contribution in [3.05, 3.63) is 372 Å². The van der Waals surface area contributed by atoms with Gasteiger partial charge < -0.3 is 18.3 Å². The molecule has 6 heteroatoms. The summed E-state index contributed by atoms with van der Waals surface area (Å²) in [5.74, 6) is 0. The van der Waals surface area contributed by atoms with Crippen LogP contribution in [0, 0.1) is 0 Å². The minimum atomic E-state index is 1.07. The molecule has 4 aromatic heterocycles. The van der Waals surface area contributed by atoms with E-state index in [1.165, 1.54) is 149 Å². The number of halogens is 2. The van der Waals surface area contributed by atoms with E-state index in [1.807, 2.05) is 6.07 Å². The Hall–Kier alpha value is -11.5. The summed E-state index contributed by atoms with van der Waals surface area (Å²) < 4.78 is 11.8. The first-order chi connectivity index (χ1) is 47.9. The maximum atomic E-state index is 3.58. The van der Waals surface area contributed by atoms with Gasteiger partial charge in [0, 0.05) is 74.8 Å². The Bertz CT molecular complexity index is 5950. The summed E-state index contributed by atoms with van der Waals surface area (Å²) in [6, 6.07) is 127. The summed E-state index contributed by atoms with van der Waals surface area (Å²) in [5, 5.41) is 9.95. The number of nitrogens with zero attached hydrogens (tertiary/aromatic N) is 4. The Morgan fingerprint density at radius 2 is 0.495 bits per heavy atom. The van der Waals surface area contributed by atoms with E-state index >= 15 is 0 Å². The van der Waals surface area contributed by atoms with Gasteiger partial charge in [0.25, 0.3) is 0 Å². The van der Waals surface area contributed by atoms with E-state index in [0.29, 0.717) is 0 Å². The molecule has 0 spiro atoms. The number of benzene rings is 15. The zero-order valence-corrected chi connectivity index (χ0v) is 55.9. The molecule has 0 radical (unpaired) electrons. The molecule has 0 fully saturated rings. The Morgan fingerprint density at radius 1 is 0.186 bits per heavy atom. The second-order valence-corrected chi connectivity index (χ2v) is 26.9. The molecular weight excluding hydrogens is 1310 g/mol. The topological polar surface area (TPSA) is 19.7 Å². The van der Waals surface area contributed by atoms with Crippen LogP contribution < -0.4 is 0 Å². The van der Waals surface area contributed by atoms with Gasteiger partial charge in [-0.1, -0.05) is 244 Å². The predicted molar refractivity (Wildman–Crippen MR) is 417 cm³/mol. The number of aromatic nitrogens is 4. The van der Waals surface area contributed by atoms with Crippen molar-refractivity contribution in [2.75, 3.05) is 0 Å². The SMILES string of the molecule is Brc1ccc2c(c1)c1cc(Br)ccc1n2-c1ccccc1.c1ccc(-c2ccc3c(c2)-c2ccccc2C3)cc1.c1ccc(-c2ccc3c(c2)c2ccccc2n3-c2ccc3c(c2)c2cc(-n4c5ccccc5c5cc(-c6ccccc6)ccc54)ccc2n3-c2ccccc2)cc1. The molecule has 0 amide bonds. The van der Waals surface area contributed by atoms with Crippen LogP contribution in [0.2, 0.25) is 0 Å². The minimum Gasteiger partial charge on any atom is -0.309 e. The largest absolute Gasteiger partial charge is 0.309 e. The summed E-state index contributed by atoms with van der Waals surface area (Å²) in [5.41, 5.74) is 27.4. The highest BCUT2D eigenvalue weighted by Gasteiger charge is 2.22. The van der Waals surface area contributed by atoms with E-state index in [9.17, 15) is 0 Å². The van der Waals surface area contributed by atoms with Crippen LogP contribution in [0.1, 0.15) is 11.1 Å². The smallest absolute Gasteiger partial charge is 0.0542 e. The zero-order chi connectivity index (χ0) is 64.5. The molecule has 458 valence electrons. The normalized spacial score (nSPS) is 11.8. The molecule has 0 N–H and O–H groups in total.